The number of fused-ring (bicyclic) bond motifs is 1. The van der Waals surface area contributed by atoms with Crippen molar-refractivity contribution in [3.8, 4) is 11.8 Å². The van der Waals surface area contributed by atoms with Crippen molar-refractivity contribution in [1.82, 2.24) is 15.3 Å². The maximum Gasteiger partial charge on any atom is 0.323 e. The summed E-state index contributed by atoms with van der Waals surface area (Å²) in [6.07, 6.45) is 5.58. The molecule has 0 bridgehead atoms. The van der Waals surface area contributed by atoms with E-state index in [0.29, 0.717) is 78.1 Å². The monoisotopic (exact) mass is 760 g/mol. The molecule has 1 aliphatic carbocycles. The zero-order chi connectivity index (χ0) is 40.2. The molecular weight excluding hydrogens is 716 g/mol. The van der Waals surface area contributed by atoms with E-state index in [2.05, 4.69) is 43.1 Å². The second-order valence-corrected chi connectivity index (χ2v) is 13.8. The lowest BCUT2D eigenvalue weighted by Crippen LogP contribution is -2.25. The van der Waals surface area contributed by atoms with Gasteiger partial charge in [0, 0.05) is 77.5 Å². The SMILES string of the molecule is CCC(C)C(=O)CCC(C)C1C(=O)c2cccc(NCCCCNC(=O)c3cccc(C#Cc4cc(NC(=O)Nc5cc(F)ncc5CO)ccn4)c3)c2C1=O. The van der Waals surface area contributed by atoms with Crippen molar-refractivity contribution in [2.75, 3.05) is 29.0 Å². The van der Waals surface area contributed by atoms with Crippen LogP contribution in [0, 0.1) is 35.5 Å². The van der Waals surface area contributed by atoms with Gasteiger partial charge < -0.3 is 26.4 Å². The second kappa shape index (κ2) is 19.4. The number of hydrogen-bond acceptors (Lipinski definition) is 9. The number of unbranched alkanes of at least 4 members (excludes halogenated alkanes) is 1. The van der Waals surface area contributed by atoms with Gasteiger partial charge in [-0.15, -0.1) is 0 Å². The van der Waals surface area contributed by atoms with Gasteiger partial charge in [0.15, 0.2) is 11.6 Å². The molecule has 0 saturated carbocycles. The molecule has 0 spiro atoms. The van der Waals surface area contributed by atoms with Gasteiger partial charge in [-0.25, -0.2) is 14.8 Å². The molecule has 3 atom stereocenters. The van der Waals surface area contributed by atoms with Crippen molar-refractivity contribution in [3.63, 3.8) is 0 Å². The number of anilines is 3. The van der Waals surface area contributed by atoms with Gasteiger partial charge in [-0.3, -0.25) is 19.2 Å². The zero-order valence-electron chi connectivity index (χ0n) is 31.6. The van der Waals surface area contributed by atoms with Crippen LogP contribution < -0.4 is 21.3 Å². The quantitative estimate of drug-likeness (QED) is 0.0355. The molecule has 12 nitrogen and oxygen atoms in total. The molecule has 0 aliphatic heterocycles. The molecule has 13 heteroatoms. The second-order valence-electron chi connectivity index (χ2n) is 13.8. The van der Waals surface area contributed by atoms with Crippen LogP contribution in [0.5, 0.6) is 0 Å². The third-order valence-electron chi connectivity index (χ3n) is 9.77. The minimum atomic E-state index is -0.805. The number of rotatable bonds is 16. The Labute approximate surface area is 325 Å². The molecule has 2 heterocycles. The standard InChI is InChI=1S/C43H45FN6O6/c1-4-26(2)36(52)16-13-27(3)38-40(53)33-11-8-12-34(39(33)41(38)54)46-18-5-6-19-47-42(55)29-10-7-9-28(21-29)14-15-31-22-32(17-20-45-31)49-43(56)50-35-23-37(44)48-24-30(35)25-51/h7-12,17,20-24,26-27,38,46,51H,4-6,13,16,18-19,25H2,1-3H3,(H,47,55)(H2,45,48,49,50,56). The summed E-state index contributed by atoms with van der Waals surface area (Å²) in [5, 5.41) is 20.8. The van der Waals surface area contributed by atoms with Gasteiger partial charge in [0.05, 0.1) is 23.8 Å². The first-order valence-corrected chi connectivity index (χ1v) is 18.7. The highest BCUT2D eigenvalue weighted by atomic mass is 19.1. The van der Waals surface area contributed by atoms with Gasteiger partial charge in [-0.05, 0) is 73.9 Å². The summed E-state index contributed by atoms with van der Waals surface area (Å²) in [5.41, 5.74) is 3.54. The number of aliphatic hydroxyl groups excluding tert-OH is 1. The van der Waals surface area contributed by atoms with Crippen molar-refractivity contribution in [3.05, 3.63) is 113 Å². The lowest BCUT2D eigenvalue weighted by Gasteiger charge is -2.17. The number of nitrogens with one attached hydrogen (secondary N) is 4. The van der Waals surface area contributed by atoms with E-state index in [1.807, 2.05) is 20.8 Å². The molecule has 0 fully saturated rings. The van der Waals surface area contributed by atoms with E-state index in [1.54, 1.807) is 54.6 Å². The molecule has 1 aliphatic rings. The Morgan fingerprint density at radius 1 is 0.911 bits per heavy atom. The fraction of sp³-hybridized carbons (Fsp3) is 0.326. The fourth-order valence-electron chi connectivity index (χ4n) is 6.35. The molecular formula is C43H45FN6O6. The predicted octanol–water partition coefficient (Wildman–Crippen LogP) is 6.80. The Balaban J connectivity index is 1.08. The molecule has 3 unspecified atom stereocenters. The number of carbonyl (C=O) groups excluding carboxylic acids is 5. The van der Waals surface area contributed by atoms with E-state index in [4.69, 9.17) is 0 Å². The van der Waals surface area contributed by atoms with Crippen LogP contribution in [0.2, 0.25) is 0 Å². The van der Waals surface area contributed by atoms with Crippen LogP contribution in [0.1, 0.15) is 101 Å². The highest BCUT2D eigenvalue weighted by molar-refractivity contribution is 6.28. The average Bonchev–Trinajstić information content (AvgIpc) is 3.46. The number of benzene rings is 2. The summed E-state index contributed by atoms with van der Waals surface area (Å²) in [6, 6.07) is 15.5. The Kier molecular flexibility index (Phi) is 14.1. The van der Waals surface area contributed by atoms with Crippen LogP contribution in [0.4, 0.5) is 26.2 Å². The number of hydrogen-bond donors (Lipinski definition) is 5. The maximum absolute atomic E-state index is 13.5. The number of ketones is 3. The lowest BCUT2D eigenvalue weighted by molar-refractivity contribution is -0.122. The Bertz CT molecular complexity index is 2180. The van der Waals surface area contributed by atoms with Gasteiger partial charge in [0.25, 0.3) is 5.91 Å². The van der Waals surface area contributed by atoms with E-state index in [1.165, 1.54) is 6.20 Å². The zero-order valence-corrected chi connectivity index (χ0v) is 31.6. The van der Waals surface area contributed by atoms with Gasteiger partial charge in [-0.2, -0.15) is 4.39 Å². The first kappa shape index (κ1) is 40.9. The smallest absolute Gasteiger partial charge is 0.323 e. The Morgan fingerprint density at radius 2 is 1.70 bits per heavy atom. The molecule has 5 N–H and O–H groups in total. The number of amides is 3. The molecule has 2 aromatic heterocycles. The van der Waals surface area contributed by atoms with Crippen LogP contribution in [-0.4, -0.2) is 57.5 Å². The number of halogens is 1. The third kappa shape index (κ3) is 10.5. The number of nitrogens with zero attached hydrogens (tertiary/aromatic N) is 2. The fourth-order valence-corrected chi connectivity index (χ4v) is 6.35. The summed E-state index contributed by atoms with van der Waals surface area (Å²) < 4.78 is 13.5. The predicted molar refractivity (Wildman–Crippen MR) is 211 cm³/mol. The summed E-state index contributed by atoms with van der Waals surface area (Å²) in [5.74, 6) is 3.57. The van der Waals surface area contributed by atoms with Crippen LogP contribution in [-0.2, 0) is 11.4 Å². The number of aromatic nitrogens is 2. The summed E-state index contributed by atoms with van der Waals surface area (Å²) in [7, 11) is 0. The summed E-state index contributed by atoms with van der Waals surface area (Å²) in [4.78, 5) is 72.2. The molecule has 290 valence electrons. The maximum atomic E-state index is 13.5. The van der Waals surface area contributed by atoms with Crippen LogP contribution in [0.25, 0.3) is 0 Å². The lowest BCUT2D eigenvalue weighted by atomic mass is 9.84. The van der Waals surface area contributed by atoms with Gasteiger partial charge in [0.2, 0.25) is 5.95 Å². The van der Waals surface area contributed by atoms with Crippen molar-refractivity contribution >= 4 is 46.4 Å². The van der Waals surface area contributed by atoms with E-state index >= 15 is 0 Å². The molecule has 2 aromatic carbocycles. The first-order valence-electron chi connectivity index (χ1n) is 18.7. The minimum Gasteiger partial charge on any atom is -0.392 e. The Hall–Kier alpha value is -6.26. The first-order chi connectivity index (χ1) is 27.0. The van der Waals surface area contributed by atoms with Crippen molar-refractivity contribution < 1.29 is 33.5 Å². The molecule has 3 amide bonds. The highest BCUT2D eigenvalue weighted by Crippen LogP contribution is 2.37. The van der Waals surface area contributed by atoms with Crippen LogP contribution >= 0.6 is 0 Å². The molecule has 0 saturated heterocycles. The van der Waals surface area contributed by atoms with E-state index in [0.717, 1.165) is 18.7 Å². The van der Waals surface area contributed by atoms with Gasteiger partial charge in [-0.1, -0.05) is 44.9 Å². The summed E-state index contributed by atoms with van der Waals surface area (Å²) in [6.45, 7) is 6.27. The van der Waals surface area contributed by atoms with Gasteiger partial charge in [0.1, 0.15) is 11.5 Å². The van der Waals surface area contributed by atoms with Crippen LogP contribution in [0.3, 0.4) is 0 Å². The third-order valence-corrected chi connectivity index (χ3v) is 9.77. The van der Waals surface area contributed by atoms with Crippen molar-refractivity contribution in [2.24, 2.45) is 17.8 Å². The molecule has 56 heavy (non-hydrogen) atoms. The average molecular weight is 761 g/mol. The minimum absolute atomic E-state index is 0.0297. The normalized spacial score (nSPS) is 14.2. The number of pyridine rings is 2. The van der Waals surface area contributed by atoms with E-state index in [-0.39, 0.29) is 46.3 Å². The number of urea groups is 1. The van der Waals surface area contributed by atoms with Crippen molar-refractivity contribution in [1.29, 1.82) is 0 Å². The number of aliphatic hydroxyl groups is 1. The van der Waals surface area contributed by atoms with Crippen molar-refractivity contribution in [2.45, 2.75) is 59.5 Å². The number of Topliss-reactive ketones (excluding diaryl/α,β-unsaturated/α-hetero) is 3. The highest BCUT2D eigenvalue weighted by Gasteiger charge is 2.43. The Morgan fingerprint density at radius 3 is 2.48 bits per heavy atom. The topological polar surface area (TPSA) is 179 Å². The molecule has 4 aromatic rings. The molecule has 0 radical (unpaired) electrons. The number of carbonyl (C=O) groups is 5. The summed E-state index contributed by atoms with van der Waals surface area (Å²) >= 11 is 0. The largest absolute Gasteiger partial charge is 0.392 e. The molecule has 5 rings (SSSR count). The van der Waals surface area contributed by atoms with Gasteiger partial charge >= 0.3 is 6.03 Å². The van der Waals surface area contributed by atoms with E-state index in [9.17, 15) is 33.5 Å². The van der Waals surface area contributed by atoms with Crippen LogP contribution in [0.15, 0.2) is 73.1 Å². The van der Waals surface area contributed by atoms with E-state index < -0.39 is 24.5 Å².